The maximum Gasteiger partial charge on any atom is 0.252 e. The van der Waals surface area contributed by atoms with Gasteiger partial charge in [-0.2, -0.15) is 0 Å². The van der Waals surface area contributed by atoms with Crippen LogP contribution in [0.25, 0.3) is 0 Å². The first-order valence-corrected chi connectivity index (χ1v) is 8.96. The predicted molar refractivity (Wildman–Crippen MR) is 94.7 cm³/mol. The van der Waals surface area contributed by atoms with Gasteiger partial charge in [-0.1, -0.05) is 23.2 Å². The topological polar surface area (TPSA) is 106 Å². The molecule has 0 atom stereocenters. The molecule has 2 rings (SSSR count). The Labute approximate surface area is 155 Å². The van der Waals surface area contributed by atoms with Crippen LogP contribution in [0.5, 0.6) is 0 Å². The minimum atomic E-state index is -3.42. The molecule has 0 aliphatic carbocycles. The second-order valence-corrected chi connectivity index (χ2v) is 7.87. The molecule has 10 heteroatoms. The summed E-state index contributed by atoms with van der Waals surface area (Å²) < 4.78 is 24.7. The summed E-state index contributed by atoms with van der Waals surface area (Å²) in [6.45, 7) is 0.114. The van der Waals surface area contributed by atoms with E-state index in [0.717, 1.165) is 6.26 Å². The van der Waals surface area contributed by atoms with Gasteiger partial charge in [-0.05, 0) is 29.8 Å². The van der Waals surface area contributed by atoms with E-state index in [1.165, 1.54) is 29.0 Å². The Bertz CT molecular complexity index is 955. The van der Waals surface area contributed by atoms with E-state index in [2.05, 4.69) is 0 Å². The van der Waals surface area contributed by atoms with Gasteiger partial charge >= 0.3 is 0 Å². The molecule has 0 aliphatic rings. The van der Waals surface area contributed by atoms with Crippen LogP contribution in [0.3, 0.4) is 0 Å². The van der Waals surface area contributed by atoms with E-state index in [1.807, 2.05) is 0 Å². The molecular formula is C14H14Cl3N3O3S. The Morgan fingerprint density at radius 1 is 1.21 bits per heavy atom. The van der Waals surface area contributed by atoms with Gasteiger partial charge in [-0.15, -0.1) is 12.4 Å². The van der Waals surface area contributed by atoms with Gasteiger partial charge in [-0.3, -0.25) is 10.2 Å². The first-order chi connectivity index (χ1) is 10.6. The molecule has 1 aromatic carbocycles. The number of carbonyl (C=O) groups is 1. The number of nitrogens with one attached hydrogen (secondary N) is 1. The molecule has 1 amide bonds. The summed E-state index contributed by atoms with van der Waals surface area (Å²) >= 11 is 11.9. The number of sulfone groups is 1. The molecule has 0 fully saturated rings. The first-order valence-electron chi connectivity index (χ1n) is 6.32. The van der Waals surface area contributed by atoms with E-state index < -0.39 is 15.7 Å². The lowest BCUT2D eigenvalue weighted by atomic mass is 10.2. The third kappa shape index (κ3) is 4.73. The van der Waals surface area contributed by atoms with Crippen LogP contribution in [-0.4, -0.2) is 25.1 Å². The number of pyridine rings is 1. The fourth-order valence-corrected chi connectivity index (χ4v) is 3.30. The normalized spacial score (nSPS) is 11.0. The van der Waals surface area contributed by atoms with Crippen LogP contribution in [0, 0.1) is 5.41 Å². The largest absolute Gasteiger partial charge is 0.365 e. The summed E-state index contributed by atoms with van der Waals surface area (Å²) in [5, 5.41) is 8.50. The number of hydrogen-bond donors (Lipinski definition) is 2. The number of aromatic nitrogens is 1. The van der Waals surface area contributed by atoms with Gasteiger partial charge in [0.15, 0.2) is 9.84 Å². The Kier molecular flexibility index (Phi) is 6.46. The fraction of sp³-hybridized carbons (Fsp3) is 0.143. The second kappa shape index (κ2) is 7.57. The van der Waals surface area contributed by atoms with Crippen LogP contribution in [-0.2, 0) is 16.4 Å². The average Bonchev–Trinajstić information content (AvgIpc) is 2.40. The summed E-state index contributed by atoms with van der Waals surface area (Å²) in [4.78, 5) is 11.4. The molecular weight excluding hydrogens is 397 g/mol. The molecule has 3 N–H and O–H groups in total. The van der Waals surface area contributed by atoms with E-state index in [-0.39, 0.29) is 44.9 Å². The third-order valence-corrected chi connectivity index (χ3v) is 4.60. The van der Waals surface area contributed by atoms with Crippen molar-refractivity contribution in [2.45, 2.75) is 11.4 Å². The van der Waals surface area contributed by atoms with E-state index in [4.69, 9.17) is 34.3 Å². The van der Waals surface area contributed by atoms with E-state index in [9.17, 15) is 13.2 Å². The molecule has 1 aromatic heterocycles. The average molecular weight is 411 g/mol. The van der Waals surface area contributed by atoms with Gasteiger partial charge in [0.25, 0.3) is 5.91 Å². The zero-order valence-corrected chi connectivity index (χ0v) is 15.6. The summed E-state index contributed by atoms with van der Waals surface area (Å²) in [5.41, 5.74) is 5.62. The lowest BCUT2D eigenvalue weighted by Gasteiger charge is -2.11. The molecule has 0 spiro atoms. The fourth-order valence-electron chi connectivity index (χ4n) is 2.05. The van der Waals surface area contributed by atoms with Crippen molar-refractivity contribution in [3.05, 3.63) is 57.1 Å². The zero-order valence-electron chi connectivity index (χ0n) is 12.4. The van der Waals surface area contributed by atoms with Crippen LogP contribution >= 0.6 is 35.6 Å². The summed E-state index contributed by atoms with van der Waals surface area (Å²) in [7, 11) is -3.42. The number of benzene rings is 1. The molecule has 0 bridgehead atoms. The maximum atomic E-state index is 11.7. The summed E-state index contributed by atoms with van der Waals surface area (Å²) in [5.74, 6) is -0.769. The van der Waals surface area contributed by atoms with Crippen LogP contribution in [0.1, 0.15) is 15.9 Å². The molecule has 0 aliphatic heterocycles. The highest BCUT2D eigenvalue weighted by atomic mass is 35.5. The van der Waals surface area contributed by atoms with Gasteiger partial charge in [0.2, 0.25) is 0 Å². The van der Waals surface area contributed by atoms with Crippen molar-refractivity contribution in [1.29, 1.82) is 5.41 Å². The molecule has 2 aromatic rings. The standard InChI is InChI=1S/C14H13Cl2N3O3S.ClH/c1-23(21,22)11-3-8(2-9(15)4-11)6-19-7-10(16)5-12(13(19)17)14(18)20;/h2-5,7,17H,6H2,1H3,(H2,18,20);1H. The highest BCUT2D eigenvalue weighted by Gasteiger charge is 2.12. The van der Waals surface area contributed by atoms with Crippen molar-refractivity contribution in [2.75, 3.05) is 6.26 Å². The number of halogens is 3. The van der Waals surface area contributed by atoms with Gasteiger partial charge in [-0.25, -0.2) is 8.42 Å². The zero-order chi connectivity index (χ0) is 17.4. The monoisotopic (exact) mass is 409 g/mol. The maximum absolute atomic E-state index is 11.7. The van der Waals surface area contributed by atoms with Crippen molar-refractivity contribution in [3.63, 3.8) is 0 Å². The first kappa shape index (κ1) is 20.5. The quantitative estimate of drug-likeness (QED) is 0.807. The van der Waals surface area contributed by atoms with Gasteiger partial charge < -0.3 is 10.3 Å². The molecule has 0 saturated heterocycles. The SMILES string of the molecule is CS(=O)(=O)c1cc(Cl)cc(Cn2cc(Cl)cc(C(N)=O)c2=N)c1.Cl. The van der Waals surface area contributed by atoms with Crippen LogP contribution in [0.4, 0.5) is 0 Å². The molecule has 1 heterocycles. The number of amides is 1. The number of carbonyl (C=O) groups excluding carboxylic acids is 1. The Hall–Kier alpha value is -1.54. The van der Waals surface area contributed by atoms with Gasteiger partial charge in [0.05, 0.1) is 15.5 Å². The summed E-state index contributed by atoms with van der Waals surface area (Å²) in [6, 6.07) is 5.69. The highest BCUT2D eigenvalue weighted by Crippen LogP contribution is 2.20. The molecule has 6 nitrogen and oxygen atoms in total. The highest BCUT2D eigenvalue weighted by molar-refractivity contribution is 7.90. The predicted octanol–water partition coefficient (Wildman–Crippen LogP) is 2.25. The smallest absolute Gasteiger partial charge is 0.252 e. The van der Waals surface area contributed by atoms with Crippen LogP contribution in [0.2, 0.25) is 10.0 Å². The van der Waals surface area contributed by atoms with Crippen LogP contribution < -0.4 is 11.2 Å². The third-order valence-electron chi connectivity index (χ3n) is 3.08. The van der Waals surface area contributed by atoms with Crippen molar-refractivity contribution < 1.29 is 13.2 Å². The molecule has 0 unspecified atom stereocenters. The van der Waals surface area contributed by atoms with Crippen molar-refractivity contribution in [1.82, 2.24) is 4.57 Å². The minimum absolute atomic E-state index is 0. The number of nitrogens with two attached hydrogens (primary N) is 1. The number of rotatable bonds is 4. The van der Waals surface area contributed by atoms with E-state index in [1.54, 1.807) is 6.07 Å². The van der Waals surface area contributed by atoms with Crippen LogP contribution in [0.15, 0.2) is 35.4 Å². The number of hydrogen-bond acceptors (Lipinski definition) is 4. The van der Waals surface area contributed by atoms with Crippen molar-refractivity contribution >= 4 is 51.4 Å². The summed E-state index contributed by atoms with van der Waals surface area (Å²) in [6.07, 6.45) is 2.54. The van der Waals surface area contributed by atoms with E-state index in [0.29, 0.717) is 5.56 Å². The van der Waals surface area contributed by atoms with Crippen molar-refractivity contribution in [3.8, 4) is 0 Å². The van der Waals surface area contributed by atoms with Crippen molar-refractivity contribution in [2.24, 2.45) is 5.73 Å². The minimum Gasteiger partial charge on any atom is -0.365 e. The molecule has 0 saturated carbocycles. The van der Waals surface area contributed by atoms with Gasteiger partial charge in [0.1, 0.15) is 5.49 Å². The molecule has 24 heavy (non-hydrogen) atoms. The van der Waals surface area contributed by atoms with E-state index >= 15 is 0 Å². The lowest BCUT2D eigenvalue weighted by Crippen LogP contribution is -2.29. The molecule has 0 radical (unpaired) electrons. The van der Waals surface area contributed by atoms with Gasteiger partial charge in [0, 0.05) is 24.0 Å². The number of nitrogens with zero attached hydrogens (tertiary/aromatic N) is 1. The second-order valence-electron chi connectivity index (χ2n) is 4.98. The Balaban J connectivity index is 0.00000288. The number of primary amides is 1. The Morgan fingerprint density at radius 2 is 1.83 bits per heavy atom. The Morgan fingerprint density at radius 3 is 2.38 bits per heavy atom. The lowest BCUT2D eigenvalue weighted by molar-refractivity contribution is 0.0997. The molecule has 130 valence electrons.